The van der Waals surface area contributed by atoms with E-state index in [2.05, 4.69) is 79.7 Å². The molecule has 2 aliphatic rings. The van der Waals surface area contributed by atoms with Crippen molar-refractivity contribution in [3.05, 3.63) is 78.4 Å². The molecule has 0 spiro atoms. The van der Waals surface area contributed by atoms with Crippen molar-refractivity contribution in [2.75, 3.05) is 0 Å². The molecule has 0 unspecified atom stereocenters. The first-order valence-corrected chi connectivity index (χ1v) is 14.3. The number of hydrogen-bond acceptors (Lipinski definition) is 0. The molecule has 0 nitrogen and oxygen atoms in total. The van der Waals surface area contributed by atoms with Crippen LogP contribution in [-0.2, 0) is 21.7 Å². The van der Waals surface area contributed by atoms with Crippen LogP contribution in [0.1, 0.15) is 69.8 Å². The minimum absolute atomic E-state index is 0. The third kappa shape index (κ3) is 7.69. The molecule has 0 aliphatic heterocycles. The normalized spacial score (nSPS) is 16.6. The Morgan fingerprint density at radius 3 is 1.57 bits per heavy atom. The van der Waals surface area contributed by atoms with Crippen molar-refractivity contribution in [2.45, 2.75) is 82.4 Å². The minimum atomic E-state index is 0. The summed E-state index contributed by atoms with van der Waals surface area (Å²) in [6, 6.07) is 26.9. The van der Waals surface area contributed by atoms with Crippen molar-refractivity contribution >= 4 is 34.8 Å². The molecule has 2 saturated carbocycles. The molecule has 0 N–H and O–H groups in total. The molecular formula is C31H37Cl2PTi. The Kier molecular flexibility index (Phi) is 13.1. The predicted octanol–water partition coefficient (Wildman–Crippen LogP) is 3.20. The van der Waals surface area contributed by atoms with Gasteiger partial charge in [0.25, 0.3) is 0 Å². The van der Waals surface area contributed by atoms with Crippen LogP contribution in [0.3, 0.4) is 0 Å². The predicted molar refractivity (Wildman–Crippen MR) is 144 cm³/mol. The van der Waals surface area contributed by atoms with E-state index in [4.69, 9.17) is 0 Å². The monoisotopic (exact) mass is 558 g/mol. The number of aryl methyl sites for hydroxylation is 1. The molecule has 0 atom stereocenters. The maximum absolute atomic E-state index is 2.55. The molecule has 2 aliphatic carbocycles. The molecule has 4 aromatic carbocycles. The molecule has 0 aromatic heterocycles. The third-order valence-electron chi connectivity index (χ3n) is 7.60. The van der Waals surface area contributed by atoms with E-state index >= 15 is 0 Å². The van der Waals surface area contributed by atoms with Crippen LogP contribution in [0.2, 0.25) is 0 Å². The zero-order valence-electron chi connectivity index (χ0n) is 20.9. The molecular weight excluding hydrogens is 522 g/mol. The molecule has 6 rings (SSSR count). The van der Waals surface area contributed by atoms with Crippen LogP contribution in [0.5, 0.6) is 0 Å². The summed E-state index contributed by atoms with van der Waals surface area (Å²) in [4.78, 5) is 0. The van der Waals surface area contributed by atoms with Crippen LogP contribution < -0.4 is 30.1 Å². The second-order valence-corrected chi connectivity index (χ2v) is 12.8. The van der Waals surface area contributed by atoms with E-state index in [1.165, 1.54) is 91.3 Å². The number of benzene rings is 2. The van der Waals surface area contributed by atoms with E-state index in [1.54, 1.807) is 5.30 Å². The molecule has 4 aromatic rings. The van der Waals surface area contributed by atoms with Gasteiger partial charge in [-0.25, -0.2) is 0 Å². The van der Waals surface area contributed by atoms with Gasteiger partial charge in [-0.05, 0) is 37.0 Å². The van der Waals surface area contributed by atoms with Gasteiger partial charge in [0, 0.05) is 0 Å². The summed E-state index contributed by atoms with van der Waals surface area (Å²) in [5, 5.41) is 7.36. The van der Waals surface area contributed by atoms with Crippen LogP contribution in [0.15, 0.2) is 72.8 Å². The van der Waals surface area contributed by atoms with Crippen molar-refractivity contribution in [3.63, 3.8) is 0 Å². The molecule has 0 amide bonds. The largest absolute Gasteiger partial charge is 4.00 e. The van der Waals surface area contributed by atoms with Crippen molar-refractivity contribution in [2.24, 2.45) is 0 Å². The first-order chi connectivity index (χ1) is 15.8. The molecule has 184 valence electrons. The van der Waals surface area contributed by atoms with Crippen molar-refractivity contribution in [3.8, 4) is 0 Å². The fourth-order valence-corrected chi connectivity index (χ4v) is 9.89. The summed E-state index contributed by atoms with van der Waals surface area (Å²) in [6.07, 6.45) is 14.9. The molecule has 0 bridgehead atoms. The van der Waals surface area contributed by atoms with Gasteiger partial charge in [0.05, 0.1) is 0 Å². The van der Waals surface area contributed by atoms with E-state index in [9.17, 15) is 0 Å². The van der Waals surface area contributed by atoms with Crippen LogP contribution in [-0.4, -0.2) is 11.3 Å². The standard InChI is InChI=1S/C21H28P.C10H9.2ClH.Ti/c1-3-11-19(12-4-1)22(20-13-5-2-6-14-20)21-15-17-9-7-8-10-18(17)16-21;1-8-6-9-4-2-3-5-10(9)7-8;;;/h7-10,15-16,19-20H,1-6,11-14H2;2-7H,1H3;2*1H;/q2*-1;;;+4/p-2. The van der Waals surface area contributed by atoms with Gasteiger partial charge >= 0.3 is 21.7 Å². The molecule has 4 heteroatoms. The average Bonchev–Trinajstić information content (AvgIpc) is 3.43. The van der Waals surface area contributed by atoms with Gasteiger partial charge in [-0.2, -0.15) is 12.1 Å². The zero-order chi connectivity index (χ0) is 21.8. The van der Waals surface area contributed by atoms with Crippen LogP contribution in [0.4, 0.5) is 0 Å². The SMILES string of the molecule is Cc1cc2ccccc2[cH-]1.[Cl-].[Cl-].[Ti+4].c1ccc2[cH-]c(P(C3CCCCC3)C3CCCCC3)cc2c1. The Morgan fingerprint density at radius 1 is 0.629 bits per heavy atom. The average molecular weight is 559 g/mol. The molecule has 0 heterocycles. The van der Waals surface area contributed by atoms with Gasteiger partial charge in [0.1, 0.15) is 0 Å². The Labute approximate surface area is 240 Å². The summed E-state index contributed by atoms with van der Waals surface area (Å²) in [5.74, 6) is 0. The number of rotatable bonds is 3. The van der Waals surface area contributed by atoms with Gasteiger partial charge in [-0.15, -0.1) is 80.9 Å². The molecule has 0 radical (unpaired) electrons. The first kappa shape index (κ1) is 30.6. The zero-order valence-corrected chi connectivity index (χ0v) is 24.8. The second kappa shape index (κ2) is 15.0. The molecule has 0 saturated heterocycles. The van der Waals surface area contributed by atoms with Gasteiger partial charge in [-0.1, -0.05) is 65.5 Å². The van der Waals surface area contributed by atoms with E-state index < -0.39 is 0 Å². The summed E-state index contributed by atoms with van der Waals surface area (Å²) in [6.45, 7) is 2.12. The Morgan fingerprint density at radius 2 is 1.09 bits per heavy atom. The van der Waals surface area contributed by atoms with Gasteiger partial charge < -0.3 is 24.8 Å². The van der Waals surface area contributed by atoms with E-state index in [0.717, 1.165) is 11.3 Å². The van der Waals surface area contributed by atoms with Crippen LogP contribution in [0, 0.1) is 6.92 Å². The summed E-state index contributed by atoms with van der Waals surface area (Å²) in [7, 11) is 0.0611. The molecule has 35 heavy (non-hydrogen) atoms. The maximum atomic E-state index is 2.55. The fraction of sp³-hybridized carbons (Fsp3) is 0.419. The topological polar surface area (TPSA) is 0 Å². The van der Waals surface area contributed by atoms with E-state index in [1.807, 2.05) is 0 Å². The number of halogens is 2. The number of fused-ring (bicyclic) bond motifs is 2. The van der Waals surface area contributed by atoms with Gasteiger partial charge in [0.15, 0.2) is 0 Å². The Hall–Kier alpha value is -0.616. The number of hydrogen-bond donors (Lipinski definition) is 0. The summed E-state index contributed by atoms with van der Waals surface area (Å²) >= 11 is 0. The Balaban J connectivity index is 0.000000284. The van der Waals surface area contributed by atoms with Crippen LogP contribution >= 0.6 is 7.92 Å². The van der Waals surface area contributed by atoms with Gasteiger partial charge in [0.2, 0.25) is 0 Å². The van der Waals surface area contributed by atoms with Crippen molar-refractivity contribution in [1.82, 2.24) is 0 Å². The molecule has 2 fully saturated rings. The van der Waals surface area contributed by atoms with Gasteiger partial charge in [-0.3, -0.25) is 0 Å². The van der Waals surface area contributed by atoms with Crippen molar-refractivity contribution < 1.29 is 46.5 Å². The van der Waals surface area contributed by atoms with Crippen molar-refractivity contribution in [1.29, 1.82) is 0 Å². The maximum Gasteiger partial charge on any atom is 4.00 e. The first-order valence-electron chi connectivity index (χ1n) is 12.8. The third-order valence-corrected chi connectivity index (χ3v) is 11.1. The Bertz CT molecular complexity index is 1050. The quantitative estimate of drug-likeness (QED) is 0.206. The van der Waals surface area contributed by atoms with E-state index in [-0.39, 0.29) is 54.5 Å². The van der Waals surface area contributed by atoms with Crippen LogP contribution in [0.25, 0.3) is 21.5 Å². The fourth-order valence-electron chi connectivity index (χ4n) is 6.03. The summed E-state index contributed by atoms with van der Waals surface area (Å²) < 4.78 is 0. The second-order valence-electron chi connectivity index (χ2n) is 10.00. The summed E-state index contributed by atoms with van der Waals surface area (Å²) in [5.41, 5.74) is 3.38. The smallest absolute Gasteiger partial charge is 1.00 e. The minimum Gasteiger partial charge on any atom is -1.00 e. The van der Waals surface area contributed by atoms with E-state index in [0.29, 0.717) is 0 Å².